The summed E-state index contributed by atoms with van der Waals surface area (Å²) < 4.78 is 0. The topological polar surface area (TPSA) is 41.1 Å². The van der Waals surface area contributed by atoms with E-state index in [9.17, 15) is 4.79 Å². The van der Waals surface area contributed by atoms with E-state index < -0.39 is 0 Å². The van der Waals surface area contributed by atoms with Gasteiger partial charge in [0.05, 0.1) is 0 Å². The quantitative estimate of drug-likeness (QED) is 0.891. The molecular weight excluding hydrogens is 260 g/mol. The van der Waals surface area contributed by atoms with Gasteiger partial charge in [-0.3, -0.25) is 4.79 Å². The lowest BCUT2D eigenvalue weighted by atomic mass is 9.96. The monoisotopic (exact) mass is 282 g/mol. The molecule has 0 saturated carbocycles. The van der Waals surface area contributed by atoms with Crippen LogP contribution in [0.15, 0.2) is 24.3 Å². The average molecular weight is 283 g/mol. The number of rotatable bonds is 4. The van der Waals surface area contributed by atoms with Crippen LogP contribution in [0.1, 0.15) is 35.2 Å². The predicted molar refractivity (Wildman–Crippen MR) is 81.0 cm³/mol. The van der Waals surface area contributed by atoms with Gasteiger partial charge < -0.3 is 10.6 Å². The van der Waals surface area contributed by atoms with Crippen molar-refractivity contribution in [2.24, 2.45) is 5.92 Å². The molecule has 2 N–H and O–H groups in total. The molecule has 2 rings (SSSR count). The van der Waals surface area contributed by atoms with Crippen molar-refractivity contribution in [2.75, 3.05) is 19.6 Å². The smallest absolute Gasteiger partial charge is 0.251 e. The van der Waals surface area contributed by atoms with Gasteiger partial charge in [0.25, 0.3) is 5.91 Å². The zero-order valence-corrected chi connectivity index (χ0v) is 12.3. The van der Waals surface area contributed by atoms with Gasteiger partial charge in [-0.15, -0.1) is 12.4 Å². The minimum Gasteiger partial charge on any atom is -0.352 e. The molecule has 1 aromatic carbocycles. The minimum atomic E-state index is 0. The number of halogens is 1. The van der Waals surface area contributed by atoms with Crippen LogP contribution in [-0.4, -0.2) is 25.5 Å². The third-order valence-corrected chi connectivity index (χ3v) is 3.52. The number of carbonyl (C=O) groups excluding carboxylic acids is 1. The Kier molecular flexibility index (Phi) is 6.89. The number of aryl methyl sites for hydroxylation is 1. The zero-order chi connectivity index (χ0) is 12.8. The molecule has 19 heavy (non-hydrogen) atoms. The first-order valence-corrected chi connectivity index (χ1v) is 6.81. The Bertz CT molecular complexity index is 403. The normalized spacial score (nSPS) is 18.5. The highest BCUT2D eigenvalue weighted by Gasteiger charge is 2.13. The number of hydrogen-bond donors (Lipinski definition) is 2. The molecule has 1 aliphatic heterocycles. The van der Waals surface area contributed by atoms with Crippen LogP contribution < -0.4 is 10.6 Å². The summed E-state index contributed by atoms with van der Waals surface area (Å²) in [5.41, 5.74) is 1.89. The van der Waals surface area contributed by atoms with Crippen molar-refractivity contribution in [2.45, 2.75) is 26.2 Å². The Morgan fingerprint density at radius 1 is 1.47 bits per heavy atom. The van der Waals surface area contributed by atoms with Crippen molar-refractivity contribution in [1.29, 1.82) is 0 Å². The Labute approximate surface area is 121 Å². The molecule has 1 heterocycles. The highest BCUT2D eigenvalue weighted by atomic mass is 35.5. The molecule has 0 aromatic heterocycles. The molecule has 3 nitrogen and oxygen atoms in total. The van der Waals surface area contributed by atoms with E-state index in [2.05, 4.69) is 10.6 Å². The Morgan fingerprint density at radius 3 is 3.00 bits per heavy atom. The number of benzene rings is 1. The van der Waals surface area contributed by atoms with E-state index in [1.165, 1.54) is 12.8 Å². The highest BCUT2D eigenvalue weighted by Crippen LogP contribution is 2.13. The minimum absolute atomic E-state index is 0. The first-order chi connectivity index (χ1) is 8.75. The fourth-order valence-electron chi connectivity index (χ4n) is 2.45. The van der Waals surface area contributed by atoms with Crippen molar-refractivity contribution in [3.63, 3.8) is 0 Å². The van der Waals surface area contributed by atoms with Crippen LogP contribution in [0.25, 0.3) is 0 Å². The summed E-state index contributed by atoms with van der Waals surface area (Å²) in [7, 11) is 0. The van der Waals surface area contributed by atoms with E-state index in [-0.39, 0.29) is 18.3 Å². The molecule has 1 aromatic rings. The summed E-state index contributed by atoms with van der Waals surface area (Å²) in [5.74, 6) is 0.763. The molecule has 0 bridgehead atoms. The first kappa shape index (κ1) is 16.0. The van der Waals surface area contributed by atoms with Crippen LogP contribution in [0.3, 0.4) is 0 Å². The van der Waals surface area contributed by atoms with Crippen molar-refractivity contribution in [3.05, 3.63) is 35.4 Å². The molecule has 1 amide bonds. The first-order valence-electron chi connectivity index (χ1n) is 6.81. The van der Waals surface area contributed by atoms with E-state index in [4.69, 9.17) is 0 Å². The van der Waals surface area contributed by atoms with Gasteiger partial charge in [0.2, 0.25) is 0 Å². The maximum absolute atomic E-state index is 11.9. The summed E-state index contributed by atoms with van der Waals surface area (Å²) >= 11 is 0. The molecule has 106 valence electrons. The summed E-state index contributed by atoms with van der Waals surface area (Å²) in [5, 5.41) is 6.41. The van der Waals surface area contributed by atoms with Crippen molar-refractivity contribution >= 4 is 18.3 Å². The van der Waals surface area contributed by atoms with Crippen LogP contribution in [0.2, 0.25) is 0 Å². The molecule has 0 aliphatic carbocycles. The second-order valence-electron chi connectivity index (χ2n) is 5.13. The Hall–Kier alpha value is -1.06. The van der Waals surface area contributed by atoms with Gasteiger partial charge in [0, 0.05) is 12.1 Å². The van der Waals surface area contributed by atoms with Crippen LogP contribution in [0.5, 0.6) is 0 Å². The van der Waals surface area contributed by atoms with Crippen LogP contribution in [0.4, 0.5) is 0 Å². The maximum Gasteiger partial charge on any atom is 0.251 e. The molecule has 1 saturated heterocycles. The molecule has 1 atom stereocenters. The van der Waals surface area contributed by atoms with E-state index in [0.717, 1.165) is 43.1 Å². The summed E-state index contributed by atoms with van der Waals surface area (Å²) in [6.45, 7) is 5.02. The van der Waals surface area contributed by atoms with Gasteiger partial charge >= 0.3 is 0 Å². The van der Waals surface area contributed by atoms with Crippen molar-refractivity contribution in [3.8, 4) is 0 Å². The van der Waals surface area contributed by atoms with Crippen LogP contribution in [-0.2, 0) is 0 Å². The highest BCUT2D eigenvalue weighted by molar-refractivity contribution is 5.94. The molecule has 4 heteroatoms. The number of amides is 1. The van der Waals surface area contributed by atoms with Gasteiger partial charge in [0.1, 0.15) is 0 Å². The molecule has 0 radical (unpaired) electrons. The summed E-state index contributed by atoms with van der Waals surface area (Å²) in [6.07, 6.45) is 3.62. The Morgan fingerprint density at radius 2 is 2.32 bits per heavy atom. The molecule has 1 aliphatic rings. The SMILES string of the molecule is Cc1cccc(C(=O)NCCC2CCCNC2)c1.Cl. The second kappa shape index (κ2) is 8.18. The fraction of sp³-hybridized carbons (Fsp3) is 0.533. The molecule has 1 fully saturated rings. The summed E-state index contributed by atoms with van der Waals surface area (Å²) in [6, 6.07) is 7.72. The predicted octanol–water partition coefficient (Wildman–Crippen LogP) is 2.54. The lowest BCUT2D eigenvalue weighted by Gasteiger charge is -2.22. The van der Waals surface area contributed by atoms with Gasteiger partial charge in [-0.25, -0.2) is 0 Å². The summed E-state index contributed by atoms with van der Waals surface area (Å²) in [4.78, 5) is 11.9. The van der Waals surface area contributed by atoms with Crippen molar-refractivity contribution in [1.82, 2.24) is 10.6 Å². The van der Waals surface area contributed by atoms with Gasteiger partial charge in [-0.2, -0.15) is 0 Å². The standard InChI is InChI=1S/C15H22N2O.ClH/c1-12-4-2-6-14(10-12)15(18)17-9-7-13-5-3-8-16-11-13;/h2,4,6,10,13,16H,3,5,7-9,11H2,1H3,(H,17,18);1H. The molecule has 0 spiro atoms. The van der Waals surface area contributed by atoms with Crippen LogP contribution in [0, 0.1) is 12.8 Å². The lowest BCUT2D eigenvalue weighted by molar-refractivity contribution is 0.0950. The van der Waals surface area contributed by atoms with E-state index in [1.807, 2.05) is 31.2 Å². The second-order valence-corrected chi connectivity index (χ2v) is 5.13. The van der Waals surface area contributed by atoms with Crippen LogP contribution >= 0.6 is 12.4 Å². The lowest BCUT2D eigenvalue weighted by Crippen LogP contribution is -2.33. The average Bonchev–Trinajstić information content (AvgIpc) is 2.40. The number of piperidine rings is 1. The van der Waals surface area contributed by atoms with E-state index in [1.54, 1.807) is 0 Å². The third kappa shape index (κ3) is 5.21. The van der Waals surface area contributed by atoms with Gasteiger partial charge in [-0.1, -0.05) is 17.7 Å². The van der Waals surface area contributed by atoms with E-state index >= 15 is 0 Å². The molecule has 1 unspecified atom stereocenters. The fourth-order valence-corrected chi connectivity index (χ4v) is 2.45. The number of nitrogens with one attached hydrogen (secondary N) is 2. The Balaban J connectivity index is 0.00000180. The van der Waals surface area contributed by atoms with Gasteiger partial charge in [0.15, 0.2) is 0 Å². The third-order valence-electron chi connectivity index (χ3n) is 3.52. The number of carbonyl (C=O) groups is 1. The van der Waals surface area contributed by atoms with Gasteiger partial charge in [-0.05, 0) is 57.3 Å². The van der Waals surface area contributed by atoms with E-state index in [0.29, 0.717) is 0 Å². The van der Waals surface area contributed by atoms with Crippen molar-refractivity contribution < 1.29 is 4.79 Å². The largest absolute Gasteiger partial charge is 0.352 e. The number of hydrogen-bond acceptors (Lipinski definition) is 2. The molecular formula is C15H23ClN2O. The zero-order valence-electron chi connectivity index (χ0n) is 11.4. The maximum atomic E-state index is 11.9.